The van der Waals surface area contributed by atoms with Crippen molar-refractivity contribution in [3.05, 3.63) is 66.0 Å². The van der Waals surface area contributed by atoms with Crippen molar-refractivity contribution in [1.29, 1.82) is 0 Å². The van der Waals surface area contributed by atoms with E-state index in [1.165, 1.54) is 5.56 Å². The fraction of sp³-hybridized carbons (Fsp3) is 0.423. The van der Waals surface area contributed by atoms with Crippen LogP contribution >= 0.6 is 0 Å². The summed E-state index contributed by atoms with van der Waals surface area (Å²) in [5.41, 5.74) is 3.25. The zero-order chi connectivity index (χ0) is 22.8. The number of carbonyl (C=O) groups is 2. The van der Waals surface area contributed by atoms with E-state index in [1.807, 2.05) is 35.2 Å². The molecule has 3 heterocycles. The number of rotatable bonds is 6. The first-order valence-electron chi connectivity index (χ1n) is 11.8. The van der Waals surface area contributed by atoms with Crippen molar-refractivity contribution in [2.75, 3.05) is 32.7 Å². The largest absolute Gasteiger partial charge is 0.355 e. The van der Waals surface area contributed by atoms with Gasteiger partial charge in [0.05, 0.1) is 17.6 Å². The minimum atomic E-state index is 0.0437. The van der Waals surface area contributed by atoms with Gasteiger partial charge in [-0.2, -0.15) is 0 Å². The second kappa shape index (κ2) is 9.35. The standard InChI is InChI=1S/C26H31N5O2/c1-18(32)31-16-20(19-7-3-2-4-8-19)21-15-30(14-12-24(21)31)17-26(33)27-13-11-25-28-22-9-5-6-10-23(22)29-25/h2-10,20-21,24H,11-17H2,1H3,(H,27,33)(H,28,29)/t20-,21-,24-/m1/s1. The van der Waals surface area contributed by atoms with Crippen LogP contribution < -0.4 is 5.32 Å². The summed E-state index contributed by atoms with van der Waals surface area (Å²) in [6, 6.07) is 18.7. The molecule has 5 rings (SSSR count). The maximum atomic E-state index is 12.6. The highest BCUT2D eigenvalue weighted by molar-refractivity contribution is 5.78. The van der Waals surface area contributed by atoms with E-state index >= 15 is 0 Å². The lowest BCUT2D eigenvalue weighted by Gasteiger charge is -2.38. The molecule has 172 valence electrons. The number of fused-ring (bicyclic) bond motifs is 2. The number of aromatic nitrogens is 2. The number of hydrogen-bond donors (Lipinski definition) is 2. The summed E-state index contributed by atoms with van der Waals surface area (Å²) in [6.07, 6.45) is 1.59. The van der Waals surface area contributed by atoms with Gasteiger partial charge >= 0.3 is 0 Å². The van der Waals surface area contributed by atoms with Gasteiger partial charge in [0.2, 0.25) is 11.8 Å². The molecule has 2 fully saturated rings. The molecule has 3 aromatic rings. The van der Waals surface area contributed by atoms with Crippen molar-refractivity contribution in [2.24, 2.45) is 5.92 Å². The molecule has 1 aromatic heterocycles. The Bertz CT molecular complexity index is 1090. The van der Waals surface area contributed by atoms with Crippen LogP contribution in [0.2, 0.25) is 0 Å². The van der Waals surface area contributed by atoms with Crippen LogP contribution in [-0.4, -0.2) is 70.3 Å². The number of amides is 2. The van der Waals surface area contributed by atoms with Gasteiger partial charge in [-0.3, -0.25) is 14.5 Å². The third kappa shape index (κ3) is 4.64. The number of carbonyl (C=O) groups excluding carboxylic acids is 2. The molecule has 2 aromatic carbocycles. The van der Waals surface area contributed by atoms with Crippen LogP contribution in [0, 0.1) is 5.92 Å². The number of nitrogens with zero attached hydrogens (tertiary/aromatic N) is 3. The van der Waals surface area contributed by atoms with Crippen molar-refractivity contribution in [3.63, 3.8) is 0 Å². The molecule has 2 amide bonds. The Balaban J connectivity index is 1.17. The van der Waals surface area contributed by atoms with Gasteiger partial charge in [-0.1, -0.05) is 42.5 Å². The molecule has 33 heavy (non-hydrogen) atoms. The number of likely N-dealkylation sites (tertiary alicyclic amines) is 2. The Morgan fingerprint density at radius 3 is 2.67 bits per heavy atom. The number of para-hydroxylation sites is 2. The smallest absolute Gasteiger partial charge is 0.234 e. The van der Waals surface area contributed by atoms with Gasteiger partial charge in [-0.05, 0) is 24.1 Å². The van der Waals surface area contributed by atoms with E-state index < -0.39 is 0 Å². The Kier molecular flexibility index (Phi) is 6.13. The van der Waals surface area contributed by atoms with Crippen LogP contribution in [-0.2, 0) is 16.0 Å². The Labute approximate surface area is 194 Å². The monoisotopic (exact) mass is 445 g/mol. The highest BCUT2D eigenvalue weighted by Gasteiger charge is 2.46. The van der Waals surface area contributed by atoms with E-state index in [0.29, 0.717) is 31.3 Å². The average molecular weight is 446 g/mol. The topological polar surface area (TPSA) is 81.3 Å². The summed E-state index contributed by atoms with van der Waals surface area (Å²) in [5.74, 6) is 1.76. The van der Waals surface area contributed by atoms with Crippen LogP contribution in [0.3, 0.4) is 0 Å². The van der Waals surface area contributed by atoms with Gasteiger partial charge in [0.25, 0.3) is 0 Å². The van der Waals surface area contributed by atoms with Crippen molar-refractivity contribution in [2.45, 2.75) is 31.7 Å². The SMILES string of the molecule is CC(=O)N1C[C@H](c2ccccc2)[C@H]2CN(CC(=O)NCCc3nc4ccccc4[nH]3)CC[C@H]21. The third-order valence-corrected chi connectivity index (χ3v) is 7.14. The molecule has 0 saturated carbocycles. The average Bonchev–Trinajstić information content (AvgIpc) is 3.40. The molecule has 3 atom stereocenters. The first-order valence-corrected chi connectivity index (χ1v) is 11.8. The maximum Gasteiger partial charge on any atom is 0.234 e. The van der Waals surface area contributed by atoms with E-state index in [1.54, 1.807) is 6.92 Å². The van der Waals surface area contributed by atoms with Crippen LogP contribution in [0.4, 0.5) is 0 Å². The summed E-state index contributed by atoms with van der Waals surface area (Å²) in [4.78, 5) is 37.1. The summed E-state index contributed by atoms with van der Waals surface area (Å²) < 4.78 is 0. The second-order valence-corrected chi connectivity index (χ2v) is 9.24. The molecule has 0 bridgehead atoms. The van der Waals surface area contributed by atoms with Gasteiger partial charge in [-0.15, -0.1) is 0 Å². The molecule has 2 aliphatic rings. The minimum absolute atomic E-state index is 0.0437. The van der Waals surface area contributed by atoms with Crippen LogP contribution in [0.25, 0.3) is 11.0 Å². The molecule has 2 saturated heterocycles. The second-order valence-electron chi connectivity index (χ2n) is 9.24. The van der Waals surface area contributed by atoms with E-state index in [0.717, 1.165) is 42.9 Å². The summed E-state index contributed by atoms with van der Waals surface area (Å²) in [6.45, 7) is 5.07. The molecule has 0 spiro atoms. The van der Waals surface area contributed by atoms with E-state index in [9.17, 15) is 9.59 Å². The van der Waals surface area contributed by atoms with E-state index in [4.69, 9.17) is 0 Å². The normalized spacial score (nSPS) is 22.9. The number of imidazole rings is 1. The quantitative estimate of drug-likeness (QED) is 0.611. The van der Waals surface area contributed by atoms with Gasteiger partial charge in [-0.25, -0.2) is 4.98 Å². The molecule has 7 nitrogen and oxygen atoms in total. The third-order valence-electron chi connectivity index (χ3n) is 7.14. The van der Waals surface area contributed by atoms with Crippen LogP contribution in [0.15, 0.2) is 54.6 Å². The van der Waals surface area contributed by atoms with Gasteiger partial charge < -0.3 is 15.2 Å². The molecule has 2 N–H and O–H groups in total. The molecule has 7 heteroatoms. The van der Waals surface area contributed by atoms with Gasteiger partial charge in [0.1, 0.15) is 5.82 Å². The lowest BCUT2D eigenvalue weighted by atomic mass is 9.82. The number of aromatic amines is 1. The molecule has 0 radical (unpaired) electrons. The number of benzene rings is 2. The first-order chi connectivity index (χ1) is 16.1. The number of H-pyrrole nitrogens is 1. The first kappa shape index (κ1) is 21.6. The van der Waals surface area contributed by atoms with Crippen molar-refractivity contribution in [1.82, 2.24) is 25.1 Å². The van der Waals surface area contributed by atoms with Crippen LogP contribution in [0.1, 0.15) is 30.7 Å². The Morgan fingerprint density at radius 1 is 1.09 bits per heavy atom. The zero-order valence-electron chi connectivity index (χ0n) is 19.0. The predicted octanol–water partition coefficient (Wildman–Crippen LogP) is 2.56. The molecular formula is C26H31N5O2. The summed E-state index contributed by atoms with van der Waals surface area (Å²) in [7, 11) is 0. The highest BCUT2D eigenvalue weighted by atomic mass is 16.2. The van der Waals surface area contributed by atoms with E-state index in [2.05, 4.69) is 44.5 Å². The lowest BCUT2D eigenvalue weighted by molar-refractivity contribution is -0.131. The highest BCUT2D eigenvalue weighted by Crippen LogP contribution is 2.41. The fourth-order valence-electron chi connectivity index (χ4n) is 5.57. The van der Waals surface area contributed by atoms with Crippen molar-refractivity contribution in [3.8, 4) is 0 Å². The maximum absolute atomic E-state index is 12.6. The van der Waals surface area contributed by atoms with E-state index in [-0.39, 0.29) is 17.9 Å². The van der Waals surface area contributed by atoms with Gasteiger partial charge in [0.15, 0.2) is 0 Å². The minimum Gasteiger partial charge on any atom is -0.355 e. The van der Waals surface area contributed by atoms with Crippen LogP contribution in [0.5, 0.6) is 0 Å². The Hall–Kier alpha value is -3.19. The fourth-order valence-corrected chi connectivity index (χ4v) is 5.57. The number of nitrogens with one attached hydrogen (secondary N) is 2. The number of hydrogen-bond acceptors (Lipinski definition) is 4. The lowest BCUT2D eigenvalue weighted by Crippen LogP contribution is -2.50. The molecule has 0 aliphatic carbocycles. The Morgan fingerprint density at radius 2 is 1.88 bits per heavy atom. The predicted molar refractivity (Wildman–Crippen MR) is 128 cm³/mol. The molecule has 2 aliphatic heterocycles. The van der Waals surface area contributed by atoms with Crippen molar-refractivity contribution >= 4 is 22.8 Å². The molecular weight excluding hydrogens is 414 g/mol. The van der Waals surface area contributed by atoms with Crippen molar-refractivity contribution < 1.29 is 9.59 Å². The van der Waals surface area contributed by atoms with Gasteiger partial charge in [0, 0.05) is 57.4 Å². The summed E-state index contributed by atoms with van der Waals surface area (Å²) in [5, 5.41) is 3.05. The number of piperidine rings is 1. The summed E-state index contributed by atoms with van der Waals surface area (Å²) >= 11 is 0. The zero-order valence-corrected chi connectivity index (χ0v) is 19.0. The molecule has 0 unspecified atom stereocenters.